The van der Waals surface area contributed by atoms with Crippen LogP contribution in [0.1, 0.15) is 153 Å². The average molecular weight is 507 g/mol. The summed E-state index contributed by atoms with van der Waals surface area (Å²) in [7, 11) is 0. The average Bonchev–Trinajstić information content (AvgIpc) is 2.94. The lowest BCUT2D eigenvalue weighted by molar-refractivity contribution is -0.147. The van der Waals surface area contributed by atoms with Gasteiger partial charge in [-0.1, -0.05) is 183 Å². The van der Waals surface area contributed by atoms with Crippen molar-refractivity contribution in [3.63, 3.8) is 0 Å². The molecule has 0 aromatic heterocycles. The van der Waals surface area contributed by atoms with Gasteiger partial charge in [0.25, 0.3) is 0 Å². The number of unbranched alkanes of at least 4 members (excludes halogenated alkanes) is 18. The number of esters is 1. The molecule has 2 heteroatoms. The Morgan fingerprint density at radius 1 is 0.514 bits per heavy atom. The van der Waals surface area contributed by atoms with Gasteiger partial charge in [-0.2, -0.15) is 0 Å². The van der Waals surface area contributed by atoms with Crippen LogP contribution in [0.25, 0.3) is 0 Å². The van der Waals surface area contributed by atoms with Crippen LogP contribution in [0.5, 0.6) is 0 Å². The third kappa shape index (κ3) is 15.7. The van der Waals surface area contributed by atoms with E-state index < -0.39 is 0 Å². The van der Waals surface area contributed by atoms with E-state index >= 15 is 0 Å². The first kappa shape index (κ1) is 31.1. The second kappa shape index (κ2) is 21.9. The topological polar surface area (TPSA) is 26.3 Å². The molecule has 0 aliphatic heterocycles. The van der Waals surface area contributed by atoms with Crippen LogP contribution in [0.15, 0.2) is 60.7 Å². The molecule has 0 N–H and O–H groups in total. The maximum absolute atomic E-state index is 12.6. The molecule has 0 aliphatic carbocycles. The molecule has 0 spiro atoms. The fourth-order valence-corrected chi connectivity index (χ4v) is 5.12. The standard InChI is InChI=1S/C35H54O2/c1-2-3-4-5-6-7-8-9-10-11-12-13-14-15-16-17-18-19-26-31-34(36)37-35(32-27-22-20-23-28-32)33-29-24-21-25-30-33/h20-25,27-30,35H,2-19,26,31H2,1H3. The molecule has 0 fully saturated rings. The minimum atomic E-state index is -0.324. The molecule has 0 saturated heterocycles. The minimum absolute atomic E-state index is 0.0929. The van der Waals surface area contributed by atoms with Crippen LogP contribution in [0.4, 0.5) is 0 Å². The summed E-state index contributed by atoms with van der Waals surface area (Å²) >= 11 is 0. The number of hydrogen-bond donors (Lipinski definition) is 0. The van der Waals surface area contributed by atoms with Crippen LogP contribution >= 0.6 is 0 Å². The predicted molar refractivity (Wildman–Crippen MR) is 159 cm³/mol. The molecular formula is C35H54O2. The summed E-state index contributed by atoms with van der Waals surface area (Å²) in [5.74, 6) is -0.0929. The number of benzene rings is 2. The van der Waals surface area contributed by atoms with Crippen molar-refractivity contribution in [3.8, 4) is 0 Å². The molecule has 37 heavy (non-hydrogen) atoms. The van der Waals surface area contributed by atoms with Gasteiger partial charge < -0.3 is 4.74 Å². The minimum Gasteiger partial charge on any atom is -0.453 e. The zero-order chi connectivity index (χ0) is 26.2. The number of rotatable bonds is 23. The van der Waals surface area contributed by atoms with Crippen molar-refractivity contribution in [2.75, 3.05) is 0 Å². The van der Waals surface area contributed by atoms with Gasteiger partial charge in [0.2, 0.25) is 0 Å². The number of ether oxygens (including phenoxy) is 1. The van der Waals surface area contributed by atoms with Crippen molar-refractivity contribution in [3.05, 3.63) is 71.8 Å². The van der Waals surface area contributed by atoms with Gasteiger partial charge in [0.15, 0.2) is 6.10 Å². The molecule has 2 aromatic carbocycles. The third-order valence-corrected chi connectivity index (χ3v) is 7.44. The Labute approximate surface area is 228 Å². The zero-order valence-electron chi connectivity index (χ0n) is 23.8. The predicted octanol–water partition coefficient (Wildman–Crippen LogP) is 11.1. The number of carbonyl (C=O) groups excluding carboxylic acids is 1. The van der Waals surface area contributed by atoms with Crippen LogP contribution in [-0.4, -0.2) is 5.97 Å². The molecule has 0 radical (unpaired) electrons. The molecule has 0 saturated carbocycles. The SMILES string of the molecule is CCCCCCCCCCCCCCCCCCCCCC(=O)OC(c1ccccc1)c1ccccc1. The monoisotopic (exact) mass is 506 g/mol. The van der Waals surface area contributed by atoms with E-state index in [1.165, 1.54) is 109 Å². The van der Waals surface area contributed by atoms with Crippen molar-refractivity contribution in [1.82, 2.24) is 0 Å². The third-order valence-electron chi connectivity index (χ3n) is 7.44. The number of carbonyl (C=O) groups is 1. The Morgan fingerprint density at radius 3 is 1.19 bits per heavy atom. The summed E-state index contributed by atoms with van der Waals surface area (Å²) in [6.07, 6.45) is 26.0. The summed E-state index contributed by atoms with van der Waals surface area (Å²) in [5.41, 5.74) is 2.05. The van der Waals surface area contributed by atoms with Gasteiger partial charge in [-0.05, 0) is 17.5 Å². The van der Waals surface area contributed by atoms with Gasteiger partial charge in [0, 0.05) is 6.42 Å². The fraction of sp³-hybridized carbons (Fsp3) is 0.629. The lowest BCUT2D eigenvalue weighted by atomic mass is 10.0. The Kier molecular flexibility index (Phi) is 18.5. The maximum atomic E-state index is 12.6. The van der Waals surface area contributed by atoms with Gasteiger partial charge >= 0.3 is 5.97 Å². The van der Waals surface area contributed by atoms with Crippen molar-refractivity contribution in [1.29, 1.82) is 0 Å². The summed E-state index contributed by atoms with van der Waals surface area (Å²) in [6.45, 7) is 2.29. The Bertz CT molecular complexity index is 731. The maximum Gasteiger partial charge on any atom is 0.306 e. The largest absolute Gasteiger partial charge is 0.453 e. The smallest absolute Gasteiger partial charge is 0.306 e. The highest BCUT2D eigenvalue weighted by Crippen LogP contribution is 2.26. The molecule has 2 aromatic rings. The van der Waals surface area contributed by atoms with Gasteiger partial charge in [-0.15, -0.1) is 0 Å². The lowest BCUT2D eigenvalue weighted by Crippen LogP contribution is -2.12. The van der Waals surface area contributed by atoms with Crippen LogP contribution in [0.3, 0.4) is 0 Å². The molecule has 0 unspecified atom stereocenters. The number of hydrogen-bond acceptors (Lipinski definition) is 2. The fourth-order valence-electron chi connectivity index (χ4n) is 5.12. The molecule has 0 amide bonds. The Morgan fingerprint density at radius 2 is 0.838 bits per heavy atom. The van der Waals surface area contributed by atoms with E-state index in [2.05, 4.69) is 6.92 Å². The Hall–Kier alpha value is -2.09. The highest BCUT2D eigenvalue weighted by Gasteiger charge is 2.18. The highest BCUT2D eigenvalue weighted by atomic mass is 16.5. The molecule has 0 atom stereocenters. The van der Waals surface area contributed by atoms with Gasteiger partial charge in [0.05, 0.1) is 0 Å². The molecular weight excluding hydrogens is 452 g/mol. The van der Waals surface area contributed by atoms with E-state index in [0.717, 1.165) is 24.0 Å². The zero-order valence-corrected chi connectivity index (χ0v) is 23.8. The second-order valence-electron chi connectivity index (χ2n) is 10.8. The summed E-state index contributed by atoms with van der Waals surface area (Å²) < 4.78 is 5.92. The van der Waals surface area contributed by atoms with Crippen LogP contribution in [0.2, 0.25) is 0 Å². The van der Waals surface area contributed by atoms with E-state index in [-0.39, 0.29) is 12.1 Å². The first-order valence-corrected chi connectivity index (χ1v) is 15.6. The molecule has 206 valence electrons. The van der Waals surface area contributed by atoms with Crippen molar-refractivity contribution in [2.45, 2.75) is 141 Å². The van der Waals surface area contributed by atoms with E-state index in [1.807, 2.05) is 60.7 Å². The summed E-state index contributed by atoms with van der Waals surface area (Å²) in [4.78, 5) is 12.6. The van der Waals surface area contributed by atoms with E-state index in [0.29, 0.717) is 6.42 Å². The molecule has 0 heterocycles. The van der Waals surface area contributed by atoms with Crippen molar-refractivity contribution >= 4 is 5.97 Å². The van der Waals surface area contributed by atoms with Crippen LogP contribution in [-0.2, 0) is 9.53 Å². The van der Waals surface area contributed by atoms with Gasteiger partial charge in [-0.3, -0.25) is 4.79 Å². The lowest BCUT2D eigenvalue weighted by Gasteiger charge is -2.19. The molecule has 0 aliphatic rings. The quantitative estimate of drug-likeness (QED) is 0.111. The van der Waals surface area contributed by atoms with E-state index in [4.69, 9.17) is 4.74 Å². The van der Waals surface area contributed by atoms with Gasteiger partial charge in [-0.25, -0.2) is 0 Å². The van der Waals surface area contributed by atoms with E-state index in [1.54, 1.807) is 0 Å². The second-order valence-corrected chi connectivity index (χ2v) is 10.8. The summed E-state index contributed by atoms with van der Waals surface area (Å²) in [5, 5.41) is 0. The van der Waals surface area contributed by atoms with E-state index in [9.17, 15) is 4.79 Å². The molecule has 2 nitrogen and oxygen atoms in total. The van der Waals surface area contributed by atoms with Crippen molar-refractivity contribution in [2.24, 2.45) is 0 Å². The molecule has 0 bridgehead atoms. The summed E-state index contributed by atoms with van der Waals surface area (Å²) in [6, 6.07) is 20.1. The Balaban J connectivity index is 1.41. The normalized spacial score (nSPS) is 11.2. The van der Waals surface area contributed by atoms with Crippen LogP contribution in [0, 0.1) is 0 Å². The van der Waals surface area contributed by atoms with Gasteiger partial charge in [0.1, 0.15) is 0 Å². The van der Waals surface area contributed by atoms with Crippen molar-refractivity contribution < 1.29 is 9.53 Å². The van der Waals surface area contributed by atoms with Crippen LogP contribution < -0.4 is 0 Å². The molecule has 2 rings (SSSR count). The first-order valence-electron chi connectivity index (χ1n) is 15.6. The first-order chi connectivity index (χ1) is 18.3. The highest BCUT2D eigenvalue weighted by molar-refractivity contribution is 5.70.